The minimum atomic E-state index is -0.267. The molecule has 0 saturated carbocycles. The second kappa shape index (κ2) is 9.87. The number of imidazole rings is 1. The Kier molecular flexibility index (Phi) is 6.76. The fraction of sp³-hybridized carbons (Fsp3) is 0.304. The zero-order valence-corrected chi connectivity index (χ0v) is 18.1. The van der Waals surface area contributed by atoms with E-state index in [1.165, 1.54) is 23.9 Å². The van der Waals surface area contributed by atoms with E-state index in [0.717, 1.165) is 47.1 Å². The number of carbonyl (C=O) groups is 1. The van der Waals surface area contributed by atoms with Gasteiger partial charge in [0.2, 0.25) is 12.7 Å². The molecular weight excluding hydrogens is 417 g/mol. The summed E-state index contributed by atoms with van der Waals surface area (Å²) in [4.78, 5) is 16.9. The molecule has 1 N–H and O–H groups in total. The molecule has 0 bridgehead atoms. The number of fused-ring (bicyclic) bond motifs is 1. The molecule has 0 fully saturated rings. The number of hydrogen-bond acceptors (Lipinski definition) is 5. The number of aromatic nitrogens is 2. The molecule has 1 aliphatic rings. The van der Waals surface area contributed by atoms with Crippen LogP contribution in [0.5, 0.6) is 11.5 Å². The van der Waals surface area contributed by atoms with Crippen molar-refractivity contribution in [1.29, 1.82) is 0 Å². The molecule has 0 aliphatic carbocycles. The third kappa shape index (κ3) is 5.19. The molecule has 2 heterocycles. The van der Waals surface area contributed by atoms with Crippen molar-refractivity contribution < 1.29 is 18.7 Å². The first-order chi connectivity index (χ1) is 15.1. The highest BCUT2D eigenvalue weighted by molar-refractivity contribution is 7.99. The summed E-state index contributed by atoms with van der Waals surface area (Å²) in [6.07, 6.45) is 3.82. The summed E-state index contributed by atoms with van der Waals surface area (Å²) in [5, 5.41) is 3.72. The first-order valence-electron chi connectivity index (χ1n) is 10.2. The highest BCUT2D eigenvalue weighted by Gasteiger charge is 2.15. The summed E-state index contributed by atoms with van der Waals surface area (Å²) in [5.74, 6) is 1.35. The smallest absolute Gasteiger partial charge is 0.231 e. The summed E-state index contributed by atoms with van der Waals surface area (Å²) in [6, 6.07) is 12.0. The van der Waals surface area contributed by atoms with Crippen LogP contribution >= 0.6 is 11.8 Å². The Morgan fingerprint density at radius 1 is 1.19 bits per heavy atom. The van der Waals surface area contributed by atoms with E-state index in [4.69, 9.17) is 9.47 Å². The third-order valence-corrected chi connectivity index (χ3v) is 5.94. The minimum Gasteiger partial charge on any atom is -0.454 e. The largest absolute Gasteiger partial charge is 0.454 e. The number of nitrogens with zero attached hydrogens (tertiary/aromatic N) is 2. The fourth-order valence-electron chi connectivity index (χ4n) is 3.29. The van der Waals surface area contributed by atoms with Crippen LogP contribution in [-0.2, 0) is 17.9 Å². The van der Waals surface area contributed by atoms with Gasteiger partial charge in [-0.3, -0.25) is 4.79 Å². The molecule has 0 radical (unpaired) electrons. The normalized spacial score (nSPS) is 12.2. The first kappa shape index (κ1) is 21.2. The second-order valence-electron chi connectivity index (χ2n) is 7.19. The number of rotatable bonds is 9. The first-order valence-corrected chi connectivity index (χ1v) is 11.2. The number of ether oxygens (including phenoxy) is 2. The van der Waals surface area contributed by atoms with Gasteiger partial charge in [-0.05, 0) is 53.9 Å². The van der Waals surface area contributed by atoms with Gasteiger partial charge in [0, 0.05) is 13.1 Å². The number of unbranched alkanes of at least 4 members (excludes halogenated alkanes) is 1. The average Bonchev–Trinajstić information content (AvgIpc) is 3.41. The van der Waals surface area contributed by atoms with Crippen LogP contribution in [-0.4, -0.2) is 28.0 Å². The SMILES string of the molecule is CCCCn1c(-c2ccc(F)cc2)cnc1SCC(=O)NCc1ccc2c(c1)OCO2. The van der Waals surface area contributed by atoms with Crippen molar-refractivity contribution in [1.82, 2.24) is 14.9 Å². The van der Waals surface area contributed by atoms with Crippen molar-refractivity contribution in [3.05, 3.63) is 60.0 Å². The molecule has 1 aromatic heterocycles. The van der Waals surface area contributed by atoms with Gasteiger partial charge in [0.05, 0.1) is 17.6 Å². The summed E-state index contributed by atoms with van der Waals surface area (Å²) < 4.78 is 26.1. The lowest BCUT2D eigenvalue weighted by atomic mass is 10.1. The standard InChI is InChI=1S/C23H24FN3O3S/c1-2-3-10-27-19(17-5-7-18(24)8-6-17)13-26-23(27)31-14-22(28)25-12-16-4-9-20-21(11-16)30-15-29-20/h4-9,11,13H,2-3,10,12,14-15H2,1H3,(H,25,28). The van der Waals surface area contributed by atoms with Gasteiger partial charge >= 0.3 is 0 Å². The van der Waals surface area contributed by atoms with E-state index < -0.39 is 0 Å². The molecule has 2 aromatic carbocycles. The summed E-state index contributed by atoms with van der Waals surface area (Å²) >= 11 is 1.40. The van der Waals surface area contributed by atoms with Gasteiger partial charge in [0.15, 0.2) is 16.7 Å². The van der Waals surface area contributed by atoms with E-state index in [-0.39, 0.29) is 24.3 Å². The predicted octanol–water partition coefficient (Wildman–Crippen LogP) is 4.63. The Bertz CT molecular complexity index is 1050. The Labute approximate surface area is 184 Å². The Balaban J connectivity index is 1.38. The van der Waals surface area contributed by atoms with Gasteiger partial charge in [-0.15, -0.1) is 0 Å². The third-order valence-electron chi connectivity index (χ3n) is 4.95. The van der Waals surface area contributed by atoms with Crippen LogP contribution in [0.2, 0.25) is 0 Å². The predicted molar refractivity (Wildman–Crippen MR) is 118 cm³/mol. The second-order valence-corrected chi connectivity index (χ2v) is 8.13. The highest BCUT2D eigenvalue weighted by Crippen LogP contribution is 2.32. The fourth-order valence-corrected chi connectivity index (χ4v) is 4.12. The van der Waals surface area contributed by atoms with Crippen molar-refractivity contribution in [3.8, 4) is 22.8 Å². The molecule has 1 amide bonds. The van der Waals surface area contributed by atoms with Gasteiger partial charge in [0.1, 0.15) is 5.82 Å². The molecule has 0 saturated heterocycles. The Hall–Kier alpha value is -3.00. The van der Waals surface area contributed by atoms with Crippen molar-refractivity contribution in [2.24, 2.45) is 0 Å². The molecule has 162 valence electrons. The van der Waals surface area contributed by atoms with E-state index in [9.17, 15) is 9.18 Å². The molecular formula is C23H24FN3O3S. The van der Waals surface area contributed by atoms with Crippen LogP contribution in [0, 0.1) is 5.82 Å². The molecule has 31 heavy (non-hydrogen) atoms. The van der Waals surface area contributed by atoms with E-state index >= 15 is 0 Å². The number of halogens is 1. The minimum absolute atomic E-state index is 0.0731. The number of thioether (sulfide) groups is 1. The van der Waals surface area contributed by atoms with Crippen molar-refractivity contribution >= 4 is 17.7 Å². The van der Waals surface area contributed by atoms with Crippen LogP contribution in [0.3, 0.4) is 0 Å². The quantitative estimate of drug-likeness (QED) is 0.491. The van der Waals surface area contributed by atoms with Gasteiger partial charge < -0.3 is 19.4 Å². The van der Waals surface area contributed by atoms with E-state index in [1.807, 2.05) is 18.2 Å². The lowest BCUT2D eigenvalue weighted by Crippen LogP contribution is -2.24. The monoisotopic (exact) mass is 441 g/mol. The van der Waals surface area contributed by atoms with Crippen molar-refractivity contribution in [3.63, 3.8) is 0 Å². The van der Waals surface area contributed by atoms with Gasteiger partial charge in [0.25, 0.3) is 0 Å². The maximum absolute atomic E-state index is 13.3. The van der Waals surface area contributed by atoms with Crippen LogP contribution in [0.25, 0.3) is 11.3 Å². The lowest BCUT2D eigenvalue weighted by Gasteiger charge is -2.12. The highest BCUT2D eigenvalue weighted by atomic mass is 32.2. The van der Waals surface area contributed by atoms with Gasteiger partial charge in [-0.2, -0.15) is 0 Å². The zero-order valence-electron chi connectivity index (χ0n) is 17.3. The maximum atomic E-state index is 13.3. The number of hydrogen-bond donors (Lipinski definition) is 1. The molecule has 4 rings (SSSR count). The van der Waals surface area contributed by atoms with Crippen LogP contribution < -0.4 is 14.8 Å². The van der Waals surface area contributed by atoms with Gasteiger partial charge in [-0.1, -0.05) is 31.2 Å². The Morgan fingerprint density at radius 3 is 2.81 bits per heavy atom. The van der Waals surface area contributed by atoms with E-state index in [0.29, 0.717) is 12.3 Å². The number of nitrogens with one attached hydrogen (secondary N) is 1. The molecule has 8 heteroatoms. The summed E-state index contributed by atoms with van der Waals surface area (Å²) in [7, 11) is 0. The van der Waals surface area contributed by atoms with Crippen molar-refractivity contribution in [2.75, 3.05) is 12.5 Å². The van der Waals surface area contributed by atoms with E-state index in [1.54, 1.807) is 18.3 Å². The van der Waals surface area contributed by atoms with Gasteiger partial charge in [-0.25, -0.2) is 9.37 Å². The lowest BCUT2D eigenvalue weighted by molar-refractivity contribution is -0.118. The molecule has 0 atom stereocenters. The number of carbonyl (C=O) groups excluding carboxylic acids is 1. The van der Waals surface area contributed by atoms with E-state index in [2.05, 4.69) is 21.8 Å². The molecule has 0 unspecified atom stereocenters. The van der Waals surface area contributed by atoms with Crippen molar-refractivity contribution in [2.45, 2.75) is 38.0 Å². The zero-order chi connectivity index (χ0) is 21.6. The summed E-state index contributed by atoms with van der Waals surface area (Å²) in [6.45, 7) is 3.57. The van der Waals surface area contributed by atoms with Crippen LogP contribution in [0.4, 0.5) is 4.39 Å². The maximum Gasteiger partial charge on any atom is 0.231 e. The summed E-state index contributed by atoms with van der Waals surface area (Å²) in [5.41, 5.74) is 2.78. The van der Waals surface area contributed by atoms with Crippen LogP contribution in [0.15, 0.2) is 53.8 Å². The number of benzene rings is 2. The van der Waals surface area contributed by atoms with Crippen LogP contribution in [0.1, 0.15) is 25.3 Å². The Morgan fingerprint density at radius 2 is 2.00 bits per heavy atom. The molecule has 0 spiro atoms. The topological polar surface area (TPSA) is 65.4 Å². The number of amides is 1. The molecule has 1 aliphatic heterocycles. The average molecular weight is 442 g/mol. The molecule has 6 nitrogen and oxygen atoms in total. The molecule has 3 aromatic rings.